The van der Waals surface area contributed by atoms with Crippen molar-refractivity contribution in [3.05, 3.63) is 0 Å². The summed E-state index contributed by atoms with van der Waals surface area (Å²) in [7, 11) is 2.13. The predicted octanol–water partition coefficient (Wildman–Crippen LogP) is 1.56. The predicted molar refractivity (Wildman–Crippen MR) is 69.2 cm³/mol. The van der Waals surface area contributed by atoms with E-state index in [0.717, 1.165) is 19.5 Å². The van der Waals surface area contributed by atoms with Crippen LogP contribution in [-0.2, 0) is 4.79 Å². The highest BCUT2D eigenvalue weighted by molar-refractivity contribution is 5.78. The van der Waals surface area contributed by atoms with Gasteiger partial charge in [-0.15, -0.1) is 0 Å². The minimum Gasteiger partial charge on any atom is -0.480 e. The van der Waals surface area contributed by atoms with Gasteiger partial charge in [-0.3, -0.25) is 4.79 Å². The number of rotatable bonds is 6. The molecule has 100 valence electrons. The van der Waals surface area contributed by atoms with E-state index in [1.54, 1.807) is 6.92 Å². The monoisotopic (exact) mass is 242 g/mol. The largest absolute Gasteiger partial charge is 0.480 e. The highest BCUT2D eigenvalue weighted by atomic mass is 16.4. The summed E-state index contributed by atoms with van der Waals surface area (Å²) in [6.45, 7) is 6.88. The highest BCUT2D eigenvalue weighted by Crippen LogP contribution is 2.17. The molecule has 0 aromatic rings. The number of carboxylic acids is 1. The number of hydrogen-bond acceptors (Lipinski definition) is 3. The molecule has 1 rings (SSSR count). The standard InChI is InChI=1S/C13H26N2O2/c1-4-7-13(2,12(16)17)14-9-11-6-5-8-15(3)10-11/h11,14H,4-10H2,1-3H3,(H,16,17). The third-order valence-electron chi connectivity index (χ3n) is 3.73. The number of nitrogens with zero attached hydrogens (tertiary/aromatic N) is 1. The Morgan fingerprint density at radius 3 is 2.82 bits per heavy atom. The zero-order chi connectivity index (χ0) is 12.9. The number of nitrogens with one attached hydrogen (secondary N) is 1. The highest BCUT2D eigenvalue weighted by Gasteiger charge is 2.32. The summed E-state index contributed by atoms with van der Waals surface area (Å²) in [4.78, 5) is 13.6. The average Bonchev–Trinajstić information content (AvgIpc) is 2.27. The van der Waals surface area contributed by atoms with Crippen LogP contribution in [0.1, 0.15) is 39.5 Å². The van der Waals surface area contributed by atoms with Crippen molar-refractivity contribution >= 4 is 5.97 Å². The number of carboxylic acid groups (broad SMARTS) is 1. The van der Waals surface area contributed by atoms with E-state index in [0.29, 0.717) is 12.3 Å². The van der Waals surface area contributed by atoms with Crippen LogP contribution >= 0.6 is 0 Å². The third-order valence-corrected chi connectivity index (χ3v) is 3.73. The molecule has 4 nitrogen and oxygen atoms in total. The van der Waals surface area contributed by atoms with Gasteiger partial charge in [0, 0.05) is 13.1 Å². The summed E-state index contributed by atoms with van der Waals surface area (Å²) >= 11 is 0. The Kier molecular flexibility index (Phi) is 5.40. The van der Waals surface area contributed by atoms with E-state index in [1.165, 1.54) is 19.4 Å². The minimum absolute atomic E-state index is 0.587. The lowest BCUT2D eigenvalue weighted by Crippen LogP contribution is -2.52. The molecule has 0 aliphatic carbocycles. The maximum Gasteiger partial charge on any atom is 0.323 e. The Morgan fingerprint density at radius 2 is 2.29 bits per heavy atom. The van der Waals surface area contributed by atoms with Crippen LogP contribution in [0.3, 0.4) is 0 Å². The van der Waals surface area contributed by atoms with Crippen LogP contribution in [0.15, 0.2) is 0 Å². The summed E-state index contributed by atoms with van der Waals surface area (Å²) in [5, 5.41) is 12.5. The van der Waals surface area contributed by atoms with Gasteiger partial charge in [0.1, 0.15) is 5.54 Å². The molecule has 1 aliphatic rings. The second kappa shape index (κ2) is 6.36. The molecule has 1 aliphatic heterocycles. The molecular weight excluding hydrogens is 216 g/mol. The lowest BCUT2D eigenvalue weighted by molar-refractivity contribution is -0.144. The van der Waals surface area contributed by atoms with E-state index in [4.69, 9.17) is 0 Å². The molecule has 0 bridgehead atoms. The summed E-state index contributed by atoms with van der Waals surface area (Å²) in [6, 6.07) is 0. The van der Waals surface area contributed by atoms with Crippen molar-refractivity contribution < 1.29 is 9.90 Å². The Labute approximate surface area is 104 Å². The van der Waals surface area contributed by atoms with Crippen molar-refractivity contribution in [1.29, 1.82) is 0 Å². The Balaban J connectivity index is 2.43. The van der Waals surface area contributed by atoms with E-state index in [1.807, 2.05) is 6.92 Å². The second-order valence-corrected chi connectivity index (χ2v) is 5.54. The van der Waals surface area contributed by atoms with Gasteiger partial charge in [-0.25, -0.2) is 0 Å². The van der Waals surface area contributed by atoms with Crippen LogP contribution < -0.4 is 5.32 Å². The molecule has 0 radical (unpaired) electrons. The summed E-state index contributed by atoms with van der Waals surface area (Å²) in [5.74, 6) is -0.146. The van der Waals surface area contributed by atoms with Crippen LogP contribution in [-0.4, -0.2) is 48.2 Å². The maximum atomic E-state index is 11.3. The molecule has 4 heteroatoms. The molecule has 2 unspecified atom stereocenters. The first kappa shape index (κ1) is 14.5. The molecule has 2 N–H and O–H groups in total. The Hall–Kier alpha value is -0.610. The fourth-order valence-electron chi connectivity index (χ4n) is 2.58. The number of aliphatic carboxylic acids is 1. The van der Waals surface area contributed by atoms with E-state index in [-0.39, 0.29) is 0 Å². The van der Waals surface area contributed by atoms with Crippen LogP contribution in [0.5, 0.6) is 0 Å². The van der Waals surface area contributed by atoms with Gasteiger partial charge in [0.15, 0.2) is 0 Å². The topological polar surface area (TPSA) is 52.6 Å². The Bertz CT molecular complexity index is 258. The van der Waals surface area contributed by atoms with Crippen LogP contribution in [0, 0.1) is 5.92 Å². The number of hydrogen-bond donors (Lipinski definition) is 2. The molecule has 1 fully saturated rings. The van der Waals surface area contributed by atoms with E-state index in [9.17, 15) is 9.90 Å². The quantitative estimate of drug-likeness (QED) is 0.742. The van der Waals surface area contributed by atoms with Gasteiger partial charge in [0.25, 0.3) is 0 Å². The fraction of sp³-hybridized carbons (Fsp3) is 0.923. The zero-order valence-electron chi connectivity index (χ0n) is 11.3. The van der Waals surface area contributed by atoms with Gasteiger partial charge in [-0.2, -0.15) is 0 Å². The van der Waals surface area contributed by atoms with Crippen molar-refractivity contribution in [2.45, 2.75) is 45.1 Å². The van der Waals surface area contributed by atoms with Crippen molar-refractivity contribution in [3.8, 4) is 0 Å². The number of likely N-dealkylation sites (tertiary alicyclic amines) is 1. The molecule has 1 saturated heterocycles. The molecule has 0 aromatic carbocycles. The van der Waals surface area contributed by atoms with Gasteiger partial charge < -0.3 is 15.3 Å². The van der Waals surface area contributed by atoms with Crippen molar-refractivity contribution in [1.82, 2.24) is 10.2 Å². The van der Waals surface area contributed by atoms with Crippen molar-refractivity contribution in [3.63, 3.8) is 0 Å². The van der Waals surface area contributed by atoms with E-state index < -0.39 is 11.5 Å². The fourth-order valence-corrected chi connectivity index (χ4v) is 2.58. The first-order valence-electron chi connectivity index (χ1n) is 6.65. The van der Waals surface area contributed by atoms with Gasteiger partial charge in [0.05, 0.1) is 0 Å². The zero-order valence-corrected chi connectivity index (χ0v) is 11.3. The van der Waals surface area contributed by atoms with Gasteiger partial charge in [0.2, 0.25) is 0 Å². The molecule has 0 spiro atoms. The first-order chi connectivity index (χ1) is 7.98. The van der Waals surface area contributed by atoms with E-state index in [2.05, 4.69) is 17.3 Å². The lowest BCUT2D eigenvalue weighted by Gasteiger charge is -2.33. The normalized spacial score (nSPS) is 25.5. The van der Waals surface area contributed by atoms with Gasteiger partial charge in [-0.1, -0.05) is 13.3 Å². The molecule has 0 amide bonds. The van der Waals surface area contributed by atoms with Crippen LogP contribution in [0.2, 0.25) is 0 Å². The summed E-state index contributed by atoms with van der Waals surface area (Å²) in [5.41, 5.74) is -0.759. The maximum absolute atomic E-state index is 11.3. The lowest BCUT2D eigenvalue weighted by atomic mass is 9.93. The molecule has 1 heterocycles. The Morgan fingerprint density at radius 1 is 1.59 bits per heavy atom. The first-order valence-corrected chi connectivity index (χ1v) is 6.65. The summed E-state index contributed by atoms with van der Waals surface area (Å²) < 4.78 is 0. The summed E-state index contributed by atoms with van der Waals surface area (Å²) in [6.07, 6.45) is 4.00. The van der Waals surface area contributed by atoms with Gasteiger partial charge >= 0.3 is 5.97 Å². The molecule has 17 heavy (non-hydrogen) atoms. The molecule has 0 aromatic heterocycles. The smallest absolute Gasteiger partial charge is 0.323 e. The number of piperidine rings is 1. The van der Waals surface area contributed by atoms with Crippen molar-refractivity contribution in [2.24, 2.45) is 5.92 Å². The van der Waals surface area contributed by atoms with Crippen LogP contribution in [0.25, 0.3) is 0 Å². The average molecular weight is 242 g/mol. The third kappa shape index (κ3) is 4.28. The van der Waals surface area contributed by atoms with Crippen molar-refractivity contribution in [2.75, 3.05) is 26.7 Å². The van der Waals surface area contributed by atoms with Crippen LogP contribution in [0.4, 0.5) is 0 Å². The van der Waals surface area contributed by atoms with Gasteiger partial charge in [-0.05, 0) is 45.7 Å². The second-order valence-electron chi connectivity index (χ2n) is 5.54. The number of carbonyl (C=O) groups is 1. The SMILES string of the molecule is CCCC(C)(NCC1CCCN(C)C1)C(=O)O. The molecule has 0 saturated carbocycles. The molecular formula is C13H26N2O2. The minimum atomic E-state index is -0.759. The van der Waals surface area contributed by atoms with E-state index >= 15 is 0 Å². The molecule has 2 atom stereocenters.